The van der Waals surface area contributed by atoms with Crippen molar-refractivity contribution in [2.75, 3.05) is 0 Å². The Morgan fingerprint density at radius 2 is 2.00 bits per heavy atom. The number of rotatable bonds is 3. The number of nitrogens with one attached hydrogen (secondary N) is 1. The predicted octanol–water partition coefficient (Wildman–Crippen LogP) is 3.81. The first-order valence-electron chi connectivity index (χ1n) is 7.37. The van der Waals surface area contributed by atoms with E-state index in [9.17, 15) is 13.2 Å². The van der Waals surface area contributed by atoms with Crippen LogP contribution in [0.3, 0.4) is 0 Å². The van der Waals surface area contributed by atoms with Crippen LogP contribution in [0.5, 0.6) is 0 Å². The zero-order valence-electron chi connectivity index (χ0n) is 12.0. The number of aromatic nitrogens is 4. The van der Waals surface area contributed by atoms with E-state index in [4.69, 9.17) is 0 Å². The monoisotopic (exact) mass is 308 g/mol. The molecule has 2 heterocycles. The molecule has 1 N–H and O–H groups in total. The number of alkyl halides is 3. The molecule has 4 nitrogen and oxygen atoms in total. The van der Waals surface area contributed by atoms with Gasteiger partial charge in [0, 0.05) is 23.1 Å². The number of aromatic amines is 1. The number of hydrogen-bond donors (Lipinski definition) is 1. The summed E-state index contributed by atoms with van der Waals surface area (Å²) in [5, 5.41) is 6.91. The van der Waals surface area contributed by atoms with Crippen molar-refractivity contribution >= 4 is 0 Å². The highest BCUT2D eigenvalue weighted by Gasteiger charge is 2.43. The van der Waals surface area contributed by atoms with Crippen LogP contribution in [0.1, 0.15) is 55.6 Å². The Kier molecular flexibility index (Phi) is 2.68. The van der Waals surface area contributed by atoms with E-state index < -0.39 is 11.7 Å². The average molecular weight is 308 g/mol. The van der Waals surface area contributed by atoms with Gasteiger partial charge in [0.15, 0.2) is 5.82 Å². The van der Waals surface area contributed by atoms with Crippen LogP contribution in [0, 0.1) is 0 Å². The highest BCUT2D eigenvalue weighted by molar-refractivity contribution is 5.56. The summed E-state index contributed by atoms with van der Waals surface area (Å²) < 4.78 is 39.7. The van der Waals surface area contributed by atoms with E-state index in [0.717, 1.165) is 37.6 Å². The van der Waals surface area contributed by atoms with Crippen LogP contribution in [-0.4, -0.2) is 20.2 Å². The van der Waals surface area contributed by atoms with Crippen molar-refractivity contribution in [3.8, 4) is 11.4 Å². The minimum absolute atomic E-state index is 0.000507. The van der Waals surface area contributed by atoms with E-state index in [1.165, 1.54) is 6.20 Å². The molecule has 0 spiro atoms. The molecule has 0 radical (unpaired) electrons. The fraction of sp³-hybridized carbons (Fsp3) is 0.533. The van der Waals surface area contributed by atoms with Crippen molar-refractivity contribution < 1.29 is 13.2 Å². The molecule has 0 amide bonds. The maximum atomic E-state index is 13.2. The summed E-state index contributed by atoms with van der Waals surface area (Å²) in [6.45, 7) is 2.06. The quantitative estimate of drug-likeness (QED) is 0.938. The van der Waals surface area contributed by atoms with E-state index >= 15 is 0 Å². The molecule has 0 aliphatic heterocycles. The minimum atomic E-state index is -4.40. The topological polar surface area (TPSA) is 54.5 Å². The van der Waals surface area contributed by atoms with Crippen molar-refractivity contribution in [1.29, 1.82) is 0 Å². The van der Waals surface area contributed by atoms with Gasteiger partial charge in [0.1, 0.15) is 5.82 Å². The molecule has 2 fully saturated rings. The molecule has 2 aromatic rings. The highest BCUT2D eigenvalue weighted by Crippen LogP contribution is 2.47. The van der Waals surface area contributed by atoms with Gasteiger partial charge in [-0.15, -0.1) is 0 Å². The minimum Gasteiger partial charge on any atom is -0.262 e. The largest absolute Gasteiger partial charge is 0.418 e. The molecule has 0 unspecified atom stereocenters. The summed E-state index contributed by atoms with van der Waals surface area (Å²) in [7, 11) is 0. The first-order valence-corrected chi connectivity index (χ1v) is 7.37. The van der Waals surface area contributed by atoms with E-state index in [0.29, 0.717) is 5.56 Å². The lowest BCUT2D eigenvalue weighted by Gasteiger charge is -2.12. The van der Waals surface area contributed by atoms with Crippen LogP contribution >= 0.6 is 0 Å². The van der Waals surface area contributed by atoms with Crippen LogP contribution in [-0.2, 0) is 11.6 Å². The van der Waals surface area contributed by atoms with Gasteiger partial charge in [-0.3, -0.25) is 10.1 Å². The summed E-state index contributed by atoms with van der Waals surface area (Å²) in [5.41, 5.74) is -0.194. The Bertz CT molecular complexity index is 727. The Morgan fingerprint density at radius 1 is 1.27 bits per heavy atom. The fourth-order valence-electron chi connectivity index (χ4n) is 2.59. The lowest BCUT2D eigenvalue weighted by molar-refractivity contribution is -0.138. The van der Waals surface area contributed by atoms with Gasteiger partial charge in [0.2, 0.25) is 0 Å². The first-order chi connectivity index (χ1) is 10.4. The van der Waals surface area contributed by atoms with Crippen LogP contribution in [0.4, 0.5) is 13.2 Å². The molecule has 0 saturated heterocycles. The molecular formula is C15H15F3N4. The molecule has 2 aliphatic carbocycles. The third kappa shape index (κ3) is 2.28. The van der Waals surface area contributed by atoms with Gasteiger partial charge < -0.3 is 0 Å². The number of nitrogens with zero attached hydrogens (tertiary/aromatic N) is 3. The maximum absolute atomic E-state index is 13.2. The second kappa shape index (κ2) is 4.30. The third-order valence-electron chi connectivity index (χ3n) is 4.50. The van der Waals surface area contributed by atoms with Crippen LogP contribution in [0.2, 0.25) is 0 Å². The van der Waals surface area contributed by atoms with E-state index in [2.05, 4.69) is 27.1 Å². The van der Waals surface area contributed by atoms with Crippen LogP contribution in [0.25, 0.3) is 11.4 Å². The molecule has 22 heavy (non-hydrogen) atoms. The number of pyridine rings is 1. The van der Waals surface area contributed by atoms with Gasteiger partial charge in [-0.05, 0) is 31.7 Å². The van der Waals surface area contributed by atoms with Crippen LogP contribution < -0.4 is 0 Å². The summed E-state index contributed by atoms with van der Waals surface area (Å²) in [5.74, 6) is 0.963. The van der Waals surface area contributed by atoms with E-state index in [1.807, 2.05) is 0 Å². The van der Waals surface area contributed by atoms with Crippen molar-refractivity contribution in [3.63, 3.8) is 0 Å². The van der Waals surface area contributed by atoms with E-state index in [1.54, 1.807) is 0 Å². The summed E-state index contributed by atoms with van der Waals surface area (Å²) >= 11 is 0. The Labute approximate surface area is 125 Å². The molecule has 116 valence electrons. The van der Waals surface area contributed by atoms with Gasteiger partial charge in [0.05, 0.1) is 11.3 Å². The number of halogens is 3. The van der Waals surface area contributed by atoms with Gasteiger partial charge in [-0.1, -0.05) is 6.92 Å². The molecule has 2 aromatic heterocycles. The van der Waals surface area contributed by atoms with Crippen molar-refractivity contribution in [2.45, 2.75) is 50.1 Å². The zero-order valence-corrected chi connectivity index (χ0v) is 12.0. The van der Waals surface area contributed by atoms with Crippen molar-refractivity contribution in [3.05, 3.63) is 29.3 Å². The Morgan fingerprint density at radius 3 is 2.59 bits per heavy atom. The smallest absolute Gasteiger partial charge is 0.262 e. The first kappa shape index (κ1) is 13.7. The molecule has 4 rings (SSSR count). The number of hydrogen-bond acceptors (Lipinski definition) is 3. The molecule has 0 bridgehead atoms. The highest BCUT2D eigenvalue weighted by atomic mass is 19.4. The van der Waals surface area contributed by atoms with Gasteiger partial charge in [-0.25, -0.2) is 4.98 Å². The second-order valence-corrected chi connectivity index (χ2v) is 6.50. The second-order valence-electron chi connectivity index (χ2n) is 6.50. The standard InChI is InChI=1S/C15H15F3N4/c1-14(4-5-14)13-20-12(21-22-13)9-6-10(15(16,17)18)11(19-7-9)8-2-3-8/h6-8H,2-5H2,1H3,(H,20,21,22). The van der Waals surface area contributed by atoms with Crippen LogP contribution in [0.15, 0.2) is 12.3 Å². The average Bonchev–Trinajstić information content (AvgIpc) is 3.38. The maximum Gasteiger partial charge on any atom is 0.418 e. The summed E-state index contributed by atoms with van der Waals surface area (Å²) in [4.78, 5) is 8.41. The third-order valence-corrected chi connectivity index (χ3v) is 4.50. The normalized spacial score (nSPS) is 20.2. The molecule has 2 saturated carbocycles. The molecule has 7 heteroatoms. The SMILES string of the molecule is CC1(c2nc(-c3cnc(C4CC4)c(C(F)(F)F)c3)n[nH]2)CC1. The van der Waals surface area contributed by atoms with Gasteiger partial charge >= 0.3 is 6.18 Å². The Hall–Kier alpha value is -1.92. The summed E-state index contributed by atoms with van der Waals surface area (Å²) in [6.07, 6.45) is 0.646. The van der Waals surface area contributed by atoms with Gasteiger partial charge in [0.25, 0.3) is 0 Å². The predicted molar refractivity (Wildman–Crippen MR) is 73.2 cm³/mol. The van der Waals surface area contributed by atoms with Crippen molar-refractivity contribution in [1.82, 2.24) is 20.2 Å². The molecule has 2 aliphatic rings. The molecule has 0 aromatic carbocycles. The molecule has 0 atom stereocenters. The van der Waals surface area contributed by atoms with Gasteiger partial charge in [-0.2, -0.15) is 18.3 Å². The number of H-pyrrole nitrogens is 1. The van der Waals surface area contributed by atoms with E-state index in [-0.39, 0.29) is 22.9 Å². The zero-order chi connectivity index (χ0) is 15.5. The fourth-order valence-corrected chi connectivity index (χ4v) is 2.59. The Balaban J connectivity index is 1.74. The lowest BCUT2D eigenvalue weighted by atomic mass is 10.1. The molecular weight excluding hydrogens is 293 g/mol. The van der Waals surface area contributed by atoms with Crippen molar-refractivity contribution in [2.24, 2.45) is 0 Å². The summed E-state index contributed by atoms with van der Waals surface area (Å²) in [6, 6.07) is 1.13. The lowest BCUT2D eigenvalue weighted by Crippen LogP contribution is -2.10.